The third-order valence-corrected chi connectivity index (χ3v) is 13.7. The van der Waals surface area contributed by atoms with Crippen molar-refractivity contribution in [2.45, 2.75) is 156 Å². The lowest BCUT2D eigenvalue weighted by Gasteiger charge is -2.11. The number of phenols is 4. The number of phenolic OH excluding ortho intramolecular Hbond substituents is 4. The summed E-state index contributed by atoms with van der Waals surface area (Å²) in [5.74, 6) is -0.330. The Morgan fingerprint density at radius 3 is 0.725 bits per heavy atom. The molecule has 4 N–H and O–H groups in total. The number of hydrogen-bond donors (Lipinski definition) is 4. The van der Waals surface area contributed by atoms with Crippen LogP contribution in [0.1, 0.15) is 220 Å². The predicted octanol–water partition coefficient (Wildman–Crippen LogP) is 16.5. The van der Waals surface area contributed by atoms with Crippen LogP contribution in [-0.2, 0) is 0 Å². The summed E-state index contributed by atoms with van der Waals surface area (Å²) in [6.07, 6.45) is 22.5. The number of hydrogen-bond acceptors (Lipinski definition) is 12. The lowest BCUT2D eigenvalue weighted by atomic mass is 9.96. The number of ketones is 4. The Hall–Kier alpha value is -7.60. The van der Waals surface area contributed by atoms with Gasteiger partial charge < -0.3 is 39.4 Å². The highest BCUT2D eigenvalue weighted by Gasteiger charge is 2.21. The molecule has 6 rings (SSSR count). The molecule has 0 fully saturated rings. The zero-order chi connectivity index (χ0) is 57.5. The van der Waals surface area contributed by atoms with Gasteiger partial charge in [0.05, 0.1) is 48.7 Å². The molecule has 0 saturated carbocycles. The molecule has 6 aromatic carbocycles. The first-order valence-electron chi connectivity index (χ1n) is 29.1. The number of benzene rings is 6. The van der Waals surface area contributed by atoms with Crippen molar-refractivity contribution >= 4 is 23.1 Å². The van der Waals surface area contributed by atoms with E-state index in [4.69, 9.17) is 18.9 Å². The van der Waals surface area contributed by atoms with Crippen molar-refractivity contribution in [2.75, 3.05) is 26.4 Å². The van der Waals surface area contributed by atoms with E-state index in [0.717, 1.165) is 77.0 Å². The van der Waals surface area contributed by atoms with Crippen molar-refractivity contribution in [1.29, 1.82) is 0 Å². The number of aromatic hydroxyl groups is 4. The molecule has 0 bridgehead atoms. The molecule has 0 amide bonds. The van der Waals surface area contributed by atoms with Gasteiger partial charge in [-0.15, -0.1) is 0 Å². The van der Waals surface area contributed by atoms with Gasteiger partial charge in [0, 0.05) is 46.5 Å². The Morgan fingerprint density at radius 1 is 0.287 bits per heavy atom. The van der Waals surface area contributed by atoms with Crippen molar-refractivity contribution in [3.05, 3.63) is 166 Å². The summed E-state index contributed by atoms with van der Waals surface area (Å²) in [6.45, 7) is 10.9. The molecule has 0 aliphatic rings. The van der Waals surface area contributed by atoms with Crippen LogP contribution in [0.4, 0.5) is 0 Å². The van der Waals surface area contributed by atoms with Crippen LogP contribution in [0.25, 0.3) is 0 Å². The van der Waals surface area contributed by atoms with E-state index < -0.39 is 23.1 Å². The van der Waals surface area contributed by atoms with Gasteiger partial charge in [0.15, 0.2) is 23.1 Å². The van der Waals surface area contributed by atoms with Gasteiger partial charge in [-0.25, -0.2) is 0 Å². The fraction of sp³-hybridized carbons (Fsp3) is 0.412. The lowest BCUT2D eigenvalue weighted by Crippen LogP contribution is -2.07. The van der Waals surface area contributed by atoms with Crippen LogP contribution >= 0.6 is 0 Å². The van der Waals surface area contributed by atoms with Crippen molar-refractivity contribution in [1.82, 2.24) is 0 Å². The molecule has 0 atom stereocenters. The Morgan fingerprint density at radius 2 is 0.500 bits per heavy atom. The van der Waals surface area contributed by atoms with Crippen LogP contribution in [0, 0.1) is 0 Å². The molecule has 12 heteroatoms. The van der Waals surface area contributed by atoms with E-state index in [1.54, 1.807) is 72.8 Å². The first-order chi connectivity index (χ1) is 38.9. The lowest BCUT2D eigenvalue weighted by molar-refractivity contribution is 0.102. The Kier molecular flexibility index (Phi) is 27.7. The number of unbranched alkanes of at least 4 members (excludes halogenated alkanes) is 16. The molecular weight excluding hydrogens is 1010 g/mol. The van der Waals surface area contributed by atoms with Crippen LogP contribution in [0.3, 0.4) is 0 Å². The first kappa shape index (κ1) is 63.2. The second-order valence-electron chi connectivity index (χ2n) is 20.2. The highest BCUT2D eigenvalue weighted by Crippen LogP contribution is 2.32. The van der Waals surface area contributed by atoms with Gasteiger partial charge in [-0.2, -0.15) is 0 Å². The monoisotopic (exact) mass is 1090 g/mol. The summed E-state index contributed by atoms with van der Waals surface area (Å²) in [4.78, 5) is 52.7. The summed E-state index contributed by atoms with van der Waals surface area (Å²) in [5, 5.41) is 42.1. The molecule has 0 saturated heterocycles. The summed E-state index contributed by atoms with van der Waals surface area (Å²) < 4.78 is 22.9. The maximum absolute atomic E-state index is 13.2. The summed E-state index contributed by atoms with van der Waals surface area (Å²) in [5.41, 5.74) is 1.53. The third-order valence-electron chi connectivity index (χ3n) is 13.7. The number of carbonyl (C=O) groups is 4. The average molecular weight is 1090 g/mol. The maximum atomic E-state index is 13.2. The fourth-order valence-electron chi connectivity index (χ4n) is 8.98. The summed E-state index contributed by atoms with van der Waals surface area (Å²) in [7, 11) is 0. The smallest absolute Gasteiger partial charge is 0.196 e. The number of rotatable bonds is 36. The molecule has 0 aliphatic heterocycles. The molecule has 6 aromatic rings. The SMILES string of the molecule is CCCCCCCCOc1ccc(C(=O)c2cccc(C(=O)c3ccc(OCCCCCCCC)cc3O)c2)c(O)c1.CCCCCCOc1ccc(C(=O)c2cccc(C(=O)c3ccc(OCCCCCC)cc3O)c2)c(O)c1. The molecule has 0 unspecified atom stereocenters. The Balaban J connectivity index is 0.000000295. The molecule has 0 heterocycles. The molecule has 12 nitrogen and oxygen atoms in total. The molecule has 0 spiro atoms. The Labute approximate surface area is 474 Å². The topological polar surface area (TPSA) is 186 Å². The number of carbonyl (C=O) groups excluding carboxylic acids is 4. The zero-order valence-electron chi connectivity index (χ0n) is 47.6. The largest absolute Gasteiger partial charge is 0.507 e. The Bertz CT molecular complexity index is 2700. The van der Waals surface area contributed by atoms with E-state index in [9.17, 15) is 39.6 Å². The molecule has 80 heavy (non-hydrogen) atoms. The van der Waals surface area contributed by atoms with Crippen molar-refractivity contribution in [2.24, 2.45) is 0 Å². The van der Waals surface area contributed by atoms with Gasteiger partial charge in [0.25, 0.3) is 0 Å². The molecule has 0 radical (unpaired) electrons. The highest BCUT2D eigenvalue weighted by atomic mass is 16.5. The first-order valence-corrected chi connectivity index (χ1v) is 29.1. The quantitative estimate of drug-likeness (QED) is 0.0216. The van der Waals surface area contributed by atoms with Crippen LogP contribution < -0.4 is 18.9 Å². The van der Waals surface area contributed by atoms with Crippen LogP contribution in [0.2, 0.25) is 0 Å². The van der Waals surface area contributed by atoms with E-state index in [1.807, 2.05) is 0 Å². The van der Waals surface area contributed by atoms with Crippen LogP contribution in [0.5, 0.6) is 46.0 Å². The van der Waals surface area contributed by atoms with E-state index in [2.05, 4.69) is 27.7 Å². The van der Waals surface area contributed by atoms with Crippen LogP contribution in [0.15, 0.2) is 121 Å². The minimum absolute atomic E-state index is 0.121. The summed E-state index contributed by atoms with van der Waals surface area (Å²) in [6, 6.07) is 31.1. The van der Waals surface area contributed by atoms with Crippen molar-refractivity contribution in [3.8, 4) is 46.0 Å². The normalized spacial score (nSPS) is 10.8. The van der Waals surface area contributed by atoms with Crippen LogP contribution in [-0.4, -0.2) is 70.0 Å². The summed E-state index contributed by atoms with van der Waals surface area (Å²) >= 11 is 0. The predicted molar refractivity (Wildman–Crippen MR) is 316 cm³/mol. The van der Waals surface area contributed by atoms with E-state index >= 15 is 0 Å². The standard InChI is InChI=1S/C36H46O6.C32H38O6/c1-3-5-7-9-11-13-22-41-29-18-20-31(33(37)25-29)35(39)27-16-15-17-28(24-27)36(40)32-21-19-30(26-34(32)38)42-23-14-12-10-8-6-4-2;1-3-5-7-9-18-37-25-14-16-27(29(33)21-25)31(35)23-12-11-13-24(20-23)32(36)28-17-15-26(22-30(28)34)38-19-10-8-6-4-2/h15-21,24-26,37-38H,3-14,22-23H2,1-2H3;11-17,20-22,33-34H,3-10,18-19H2,1-2H3. The molecule has 428 valence electrons. The number of ether oxygens (including phenoxy) is 4. The average Bonchev–Trinajstić information content (AvgIpc) is 3.48. The minimum Gasteiger partial charge on any atom is -0.507 e. The van der Waals surface area contributed by atoms with Crippen molar-refractivity contribution in [3.63, 3.8) is 0 Å². The molecule has 0 aliphatic carbocycles. The van der Waals surface area contributed by atoms with Gasteiger partial charge in [0.1, 0.15) is 46.0 Å². The maximum Gasteiger partial charge on any atom is 0.196 e. The highest BCUT2D eigenvalue weighted by molar-refractivity contribution is 6.16. The van der Waals surface area contributed by atoms with Gasteiger partial charge in [-0.3, -0.25) is 19.2 Å². The minimum atomic E-state index is -0.414. The van der Waals surface area contributed by atoms with E-state index in [0.29, 0.717) is 49.4 Å². The third kappa shape index (κ3) is 20.6. The molecular formula is C68H84O12. The second kappa shape index (κ2) is 35.1. The van der Waals surface area contributed by atoms with Gasteiger partial charge in [-0.05, 0) is 86.3 Å². The van der Waals surface area contributed by atoms with E-state index in [1.165, 1.54) is 99.9 Å². The van der Waals surface area contributed by atoms with Gasteiger partial charge >= 0.3 is 0 Å². The van der Waals surface area contributed by atoms with Crippen molar-refractivity contribution < 1.29 is 58.6 Å². The zero-order valence-corrected chi connectivity index (χ0v) is 47.6. The van der Waals surface area contributed by atoms with Gasteiger partial charge in [-0.1, -0.05) is 167 Å². The van der Waals surface area contributed by atoms with Gasteiger partial charge in [0.2, 0.25) is 0 Å². The second-order valence-corrected chi connectivity index (χ2v) is 20.2. The molecule has 0 aromatic heterocycles. The van der Waals surface area contributed by atoms with E-state index in [-0.39, 0.29) is 67.5 Å². The fourth-order valence-corrected chi connectivity index (χ4v) is 8.98.